The Morgan fingerprint density at radius 1 is 1.19 bits per heavy atom. The van der Waals surface area contributed by atoms with Gasteiger partial charge in [0.1, 0.15) is 5.75 Å². The molecule has 0 unspecified atom stereocenters. The SMILES string of the molecule is O=[N+]([O-])c1cc(Br)cnc1Oc1ccc2c(c1)CCCC2. The van der Waals surface area contributed by atoms with Gasteiger partial charge in [0.05, 0.1) is 4.92 Å². The molecule has 0 N–H and O–H groups in total. The van der Waals surface area contributed by atoms with Crippen molar-refractivity contribution in [2.24, 2.45) is 0 Å². The molecule has 1 aromatic carbocycles. The summed E-state index contributed by atoms with van der Waals surface area (Å²) in [5.74, 6) is 0.604. The monoisotopic (exact) mass is 348 g/mol. The molecule has 5 nitrogen and oxygen atoms in total. The summed E-state index contributed by atoms with van der Waals surface area (Å²) in [5, 5.41) is 11.1. The number of pyridine rings is 1. The smallest absolute Gasteiger partial charge is 0.332 e. The molecule has 0 atom stereocenters. The highest BCUT2D eigenvalue weighted by Gasteiger charge is 2.19. The lowest BCUT2D eigenvalue weighted by molar-refractivity contribution is -0.386. The third-order valence-electron chi connectivity index (χ3n) is 3.53. The zero-order valence-electron chi connectivity index (χ0n) is 11.2. The summed E-state index contributed by atoms with van der Waals surface area (Å²) in [5.41, 5.74) is 2.45. The zero-order chi connectivity index (χ0) is 14.8. The molecule has 0 bridgehead atoms. The predicted octanol–water partition coefficient (Wildman–Crippen LogP) is 4.42. The first kappa shape index (κ1) is 14.0. The van der Waals surface area contributed by atoms with E-state index in [9.17, 15) is 10.1 Å². The molecular weight excluding hydrogens is 336 g/mol. The van der Waals surface area contributed by atoms with E-state index in [1.807, 2.05) is 18.2 Å². The van der Waals surface area contributed by atoms with E-state index in [4.69, 9.17) is 4.74 Å². The molecule has 0 saturated carbocycles. The van der Waals surface area contributed by atoms with E-state index < -0.39 is 4.92 Å². The predicted molar refractivity (Wildman–Crippen MR) is 81.7 cm³/mol. The largest absolute Gasteiger partial charge is 0.434 e. The van der Waals surface area contributed by atoms with Crippen molar-refractivity contribution in [3.8, 4) is 11.6 Å². The maximum Gasteiger partial charge on any atom is 0.332 e. The first-order valence-corrected chi connectivity index (χ1v) is 7.52. The van der Waals surface area contributed by atoms with Gasteiger partial charge in [-0.05, 0) is 64.9 Å². The summed E-state index contributed by atoms with van der Waals surface area (Å²) in [7, 11) is 0. The van der Waals surface area contributed by atoms with Gasteiger partial charge in [0.15, 0.2) is 0 Å². The van der Waals surface area contributed by atoms with Gasteiger partial charge in [-0.1, -0.05) is 6.07 Å². The minimum absolute atomic E-state index is 0.0129. The maximum absolute atomic E-state index is 11.1. The number of fused-ring (bicyclic) bond motifs is 1. The van der Waals surface area contributed by atoms with Crippen LogP contribution in [0.3, 0.4) is 0 Å². The van der Waals surface area contributed by atoms with Crippen LogP contribution in [0.15, 0.2) is 34.9 Å². The molecule has 1 aromatic heterocycles. The van der Waals surface area contributed by atoms with Crippen LogP contribution in [0, 0.1) is 10.1 Å². The molecule has 1 heterocycles. The fourth-order valence-corrected chi connectivity index (χ4v) is 2.83. The quantitative estimate of drug-likeness (QED) is 0.608. The second-order valence-electron chi connectivity index (χ2n) is 4.97. The lowest BCUT2D eigenvalue weighted by atomic mass is 9.92. The Bertz CT molecular complexity index is 703. The number of hydrogen-bond donors (Lipinski definition) is 0. The number of benzene rings is 1. The van der Waals surface area contributed by atoms with Gasteiger partial charge in [-0.2, -0.15) is 0 Å². The van der Waals surface area contributed by atoms with E-state index >= 15 is 0 Å². The standard InChI is InChI=1S/C15H13BrN2O3/c16-12-8-14(18(19)20)15(17-9-12)21-13-6-5-10-3-1-2-4-11(10)7-13/h5-9H,1-4H2. The van der Waals surface area contributed by atoms with Crippen LogP contribution in [0.5, 0.6) is 11.6 Å². The van der Waals surface area contributed by atoms with Crippen molar-refractivity contribution in [2.45, 2.75) is 25.7 Å². The first-order valence-electron chi connectivity index (χ1n) is 6.73. The molecule has 2 aromatic rings. The molecule has 1 aliphatic carbocycles. The molecule has 0 amide bonds. The molecule has 6 heteroatoms. The van der Waals surface area contributed by atoms with Gasteiger partial charge < -0.3 is 4.74 Å². The van der Waals surface area contributed by atoms with Gasteiger partial charge in [0, 0.05) is 16.7 Å². The van der Waals surface area contributed by atoms with Crippen LogP contribution < -0.4 is 4.74 Å². The molecule has 0 fully saturated rings. The summed E-state index contributed by atoms with van der Waals surface area (Å²) in [6, 6.07) is 7.23. The van der Waals surface area contributed by atoms with E-state index in [2.05, 4.69) is 20.9 Å². The summed E-state index contributed by atoms with van der Waals surface area (Å²) >= 11 is 3.18. The average molecular weight is 349 g/mol. The Balaban J connectivity index is 1.92. The van der Waals surface area contributed by atoms with E-state index in [1.165, 1.54) is 36.2 Å². The van der Waals surface area contributed by atoms with Crippen LogP contribution in [0.4, 0.5) is 5.69 Å². The van der Waals surface area contributed by atoms with Crippen molar-refractivity contribution in [3.05, 3.63) is 56.2 Å². The molecule has 0 radical (unpaired) electrons. The van der Waals surface area contributed by atoms with Crippen molar-refractivity contribution in [3.63, 3.8) is 0 Å². The van der Waals surface area contributed by atoms with Crippen LogP contribution in [0.1, 0.15) is 24.0 Å². The molecule has 0 aliphatic heterocycles. The number of ether oxygens (including phenoxy) is 1. The fraction of sp³-hybridized carbons (Fsp3) is 0.267. The van der Waals surface area contributed by atoms with Gasteiger partial charge in [-0.3, -0.25) is 10.1 Å². The number of nitrogens with zero attached hydrogens (tertiary/aromatic N) is 2. The van der Waals surface area contributed by atoms with Crippen molar-refractivity contribution < 1.29 is 9.66 Å². The highest BCUT2D eigenvalue weighted by molar-refractivity contribution is 9.10. The third-order valence-corrected chi connectivity index (χ3v) is 3.96. The second kappa shape index (κ2) is 5.81. The fourth-order valence-electron chi connectivity index (χ4n) is 2.51. The molecule has 1 aliphatic rings. The van der Waals surface area contributed by atoms with Gasteiger partial charge in [-0.15, -0.1) is 0 Å². The average Bonchev–Trinajstić information content (AvgIpc) is 2.49. The Labute approximate surface area is 130 Å². The van der Waals surface area contributed by atoms with Crippen molar-refractivity contribution in [1.29, 1.82) is 0 Å². The Kier molecular flexibility index (Phi) is 3.88. The topological polar surface area (TPSA) is 65.3 Å². The highest BCUT2D eigenvalue weighted by Crippen LogP contribution is 2.33. The van der Waals surface area contributed by atoms with E-state index in [0.29, 0.717) is 10.2 Å². The normalized spacial score (nSPS) is 13.6. The minimum atomic E-state index is -0.495. The lowest BCUT2D eigenvalue weighted by Gasteiger charge is -2.16. The lowest BCUT2D eigenvalue weighted by Crippen LogP contribution is -2.03. The van der Waals surface area contributed by atoms with Crippen molar-refractivity contribution in [2.75, 3.05) is 0 Å². The Morgan fingerprint density at radius 2 is 1.95 bits per heavy atom. The van der Waals surface area contributed by atoms with E-state index in [-0.39, 0.29) is 11.6 Å². The summed E-state index contributed by atoms with van der Waals surface area (Å²) in [4.78, 5) is 14.6. The number of rotatable bonds is 3. The van der Waals surface area contributed by atoms with Gasteiger partial charge in [-0.25, -0.2) is 4.98 Å². The molecule has 0 spiro atoms. The maximum atomic E-state index is 11.1. The number of hydrogen-bond acceptors (Lipinski definition) is 4. The highest BCUT2D eigenvalue weighted by atomic mass is 79.9. The number of aryl methyl sites for hydroxylation is 2. The molecule has 21 heavy (non-hydrogen) atoms. The van der Waals surface area contributed by atoms with Crippen molar-refractivity contribution in [1.82, 2.24) is 4.98 Å². The van der Waals surface area contributed by atoms with Crippen LogP contribution in [-0.4, -0.2) is 9.91 Å². The molecule has 3 rings (SSSR count). The van der Waals surface area contributed by atoms with Crippen LogP contribution >= 0.6 is 15.9 Å². The van der Waals surface area contributed by atoms with Gasteiger partial charge in [0.2, 0.25) is 0 Å². The Hall–Kier alpha value is -1.95. The molecule has 0 saturated heterocycles. The van der Waals surface area contributed by atoms with E-state index in [0.717, 1.165) is 12.8 Å². The first-order chi connectivity index (χ1) is 10.1. The van der Waals surface area contributed by atoms with Crippen LogP contribution in [0.25, 0.3) is 0 Å². The van der Waals surface area contributed by atoms with Gasteiger partial charge in [0.25, 0.3) is 5.88 Å². The van der Waals surface area contributed by atoms with Crippen molar-refractivity contribution >= 4 is 21.6 Å². The number of aromatic nitrogens is 1. The van der Waals surface area contributed by atoms with Crippen LogP contribution in [0.2, 0.25) is 0 Å². The zero-order valence-corrected chi connectivity index (χ0v) is 12.8. The summed E-state index contributed by atoms with van der Waals surface area (Å²) < 4.78 is 6.17. The number of nitro groups is 1. The van der Waals surface area contributed by atoms with E-state index in [1.54, 1.807) is 0 Å². The third kappa shape index (κ3) is 3.05. The minimum Gasteiger partial charge on any atom is -0.434 e. The molecule has 108 valence electrons. The van der Waals surface area contributed by atoms with Crippen LogP contribution in [-0.2, 0) is 12.8 Å². The second-order valence-corrected chi connectivity index (χ2v) is 5.89. The Morgan fingerprint density at radius 3 is 2.71 bits per heavy atom. The summed E-state index contributed by atoms with van der Waals surface area (Å²) in [6.45, 7) is 0. The number of halogens is 1. The molecular formula is C15H13BrN2O3. The summed E-state index contributed by atoms with van der Waals surface area (Å²) in [6.07, 6.45) is 6.00. The van der Waals surface area contributed by atoms with Gasteiger partial charge >= 0.3 is 5.69 Å².